The number of hydrogen-bond acceptors (Lipinski definition) is 5. The molecule has 1 amide bonds. The molecule has 0 radical (unpaired) electrons. The van der Waals surface area contributed by atoms with E-state index in [9.17, 15) is 4.79 Å². The summed E-state index contributed by atoms with van der Waals surface area (Å²) in [6.07, 6.45) is 7.15. The molecule has 1 fully saturated rings. The van der Waals surface area contributed by atoms with Crippen LogP contribution in [0, 0.1) is 0 Å². The molecule has 0 spiro atoms. The number of piperidine rings is 1. The van der Waals surface area contributed by atoms with Crippen molar-refractivity contribution in [3.05, 3.63) is 59.2 Å². The van der Waals surface area contributed by atoms with Gasteiger partial charge in [0.2, 0.25) is 11.7 Å². The van der Waals surface area contributed by atoms with Gasteiger partial charge in [-0.1, -0.05) is 30.7 Å². The van der Waals surface area contributed by atoms with Crippen molar-refractivity contribution in [1.29, 1.82) is 0 Å². The normalized spacial score (nSPS) is 14.4. The number of benzene rings is 2. The molecule has 0 aliphatic carbocycles. The number of nitrogens with one attached hydrogen (secondary N) is 1. The smallest absolute Gasteiger partial charge is 0.244 e. The number of hydrogen-bond donors (Lipinski definition) is 1. The van der Waals surface area contributed by atoms with Gasteiger partial charge in [-0.05, 0) is 55.3 Å². The fourth-order valence-electron chi connectivity index (χ4n) is 3.81. The van der Waals surface area contributed by atoms with Crippen molar-refractivity contribution in [1.82, 2.24) is 10.2 Å². The number of amides is 1. The Balaban J connectivity index is 1.54. The van der Waals surface area contributed by atoms with Crippen LogP contribution in [0.1, 0.15) is 36.0 Å². The molecule has 1 saturated heterocycles. The van der Waals surface area contributed by atoms with Crippen LogP contribution in [0.2, 0.25) is 0 Å². The molecule has 0 saturated carbocycles. The average Bonchev–Trinajstić information content (AvgIpc) is 2.82. The Morgan fingerprint density at radius 3 is 2.23 bits per heavy atom. The number of methoxy groups -OCH3 is 3. The molecule has 1 aliphatic rings. The Morgan fingerprint density at radius 1 is 0.903 bits per heavy atom. The number of likely N-dealkylation sites (tertiary alicyclic amines) is 1. The summed E-state index contributed by atoms with van der Waals surface area (Å²) in [5.74, 6) is 1.42. The first-order valence-electron chi connectivity index (χ1n) is 10.7. The lowest BCUT2D eigenvalue weighted by atomic mass is 10.1. The summed E-state index contributed by atoms with van der Waals surface area (Å²) in [7, 11) is 4.68. The van der Waals surface area contributed by atoms with E-state index < -0.39 is 0 Å². The van der Waals surface area contributed by atoms with E-state index in [1.807, 2.05) is 6.07 Å². The summed E-state index contributed by atoms with van der Waals surface area (Å²) in [6, 6.07) is 12.1. The third-order valence-electron chi connectivity index (χ3n) is 5.49. The van der Waals surface area contributed by atoms with Gasteiger partial charge in [-0.25, -0.2) is 0 Å². The zero-order chi connectivity index (χ0) is 22.1. The molecule has 31 heavy (non-hydrogen) atoms. The van der Waals surface area contributed by atoms with Gasteiger partial charge in [0.05, 0.1) is 21.3 Å². The molecular weight excluding hydrogens is 392 g/mol. The second kappa shape index (κ2) is 11.4. The molecule has 6 heteroatoms. The van der Waals surface area contributed by atoms with Crippen molar-refractivity contribution in [2.24, 2.45) is 0 Å². The highest BCUT2D eigenvalue weighted by Crippen LogP contribution is 2.40. The highest BCUT2D eigenvalue weighted by Gasteiger charge is 2.14. The third kappa shape index (κ3) is 6.25. The van der Waals surface area contributed by atoms with Gasteiger partial charge in [-0.15, -0.1) is 0 Å². The highest BCUT2D eigenvalue weighted by atomic mass is 16.5. The zero-order valence-electron chi connectivity index (χ0n) is 18.6. The van der Waals surface area contributed by atoms with Crippen LogP contribution in [0.25, 0.3) is 6.08 Å². The lowest BCUT2D eigenvalue weighted by Crippen LogP contribution is -2.29. The second-order valence-corrected chi connectivity index (χ2v) is 7.63. The first-order chi connectivity index (χ1) is 15.1. The lowest BCUT2D eigenvalue weighted by molar-refractivity contribution is -0.116. The minimum Gasteiger partial charge on any atom is -0.493 e. The molecule has 0 atom stereocenters. The minimum atomic E-state index is -0.172. The van der Waals surface area contributed by atoms with E-state index in [4.69, 9.17) is 14.2 Å². The van der Waals surface area contributed by atoms with Crippen LogP contribution >= 0.6 is 0 Å². The molecule has 2 aromatic carbocycles. The lowest BCUT2D eigenvalue weighted by Gasteiger charge is -2.26. The zero-order valence-corrected chi connectivity index (χ0v) is 18.6. The monoisotopic (exact) mass is 424 g/mol. The van der Waals surface area contributed by atoms with E-state index in [1.165, 1.54) is 44.0 Å². The van der Waals surface area contributed by atoms with Crippen LogP contribution in [0.15, 0.2) is 42.5 Å². The van der Waals surface area contributed by atoms with Gasteiger partial charge >= 0.3 is 0 Å². The number of rotatable bonds is 9. The maximum Gasteiger partial charge on any atom is 0.244 e. The third-order valence-corrected chi connectivity index (χ3v) is 5.49. The SMILES string of the molecule is COc1ccc(/C=C/C(=O)NCc2ccc(CN3CCCCC3)cc2)c(OC)c1OC. The maximum atomic E-state index is 12.3. The largest absolute Gasteiger partial charge is 0.493 e. The molecule has 1 aliphatic heterocycles. The van der Waals surface area contributed by atoms with E-state index in [1.54, 1.807) is 33.5 Å². The Kier molecular flexibility index (Phi) is 8.35. The van der Waals surface area contributed by atoms with Gasteiger partial charge in [0.1, 0.15) is 0 Å². The fraction of sp³-hybridized carbons (Fsp3) is 0.400. The number of carbonyl (C=O) groups excluding carboxylic acids is 1. The molecule has 6 nitrogen and oxygen atoms in total. The molecule has 1 heterocycles. The predicted molar refractivity (Wildman–Crippen MR) is 123 cm³/mol. The van der Waals surface area contributed by atoms with Gasteiger partial charge in [0.25, 0.3) is 0 Å². The number of ether oxygens (including phenoxy) is 3. The molecule has 2 aromatic rings. The molecule has 0 bridgehead atoms. The van der Waals surface area contributed by atoms with Crippen LogP contribution in [-0.2, 0) is 17.9 Å². The predicted octanol–water partition coefficient (Wildman–Crippen LogP) is 4.03. The molecule has 3 rings (SSSR count). The number of carbonyl (C=O) groups is 1. The Bertz CT molecular complexity index is 887. The summed E-state index contributed by atoms with van der Waals surface area (Å²) >= 11 is 0. The maximum absolute atomic E-state index is 12.3. The Hall–Kier alpha value is -2.99. The van der Waals surface area contributed by atoms with Gasteiger partial charge in [-0.2, -0.15) is 0 Å². The van der Waals surface area contributed by atoms with Crippen molar-refractivity contribution in [2.45, 2.75) is 32.4 Å². The summed E-state index contributed by atoms with van der Waals surface area (Å²) in [5.41, 5.74) is 3.13. The van der Waals surface area contributed by atoms with Crippen LogP contribution < -0.4 is 19.5 Å². The molecule has 0 unspecified atom stereocenters. The van der Waals surface area contributed by atoms with E-state index in [0.717, 1.165) is 17.7 Å². The molecule has 166 valence electrons. The van der Waals surface area contributed by atoms with Crippen molar-refractivity contribution in [3.63, 3.8) is 0 Å². The molecule has 0 aromatic heterocycles. The van der Waals surface area contributed by atoms with Crippen molar-refractivity contribution < 1.29 is 19.0 Å². The Labute approximate surface area is 184 Å². The van der Waals surface area contributed by atoms with E-state index in [0.29, 0.717) is 23.8 Å². The fourth-order valence-corrected chi connectivity index (χ4v) is 3.81. The summed E-state index contributed by atoms with van der Waals surface area (Å²) in [6.45, 7) is 3.86. The first kappa shape index (κ1) is 22.7. The van der Waals surface area contributed by atoms with E-state index in [2.05, 4.69) is 34.5 Å². The van der Waals surface area contributed by atoms with Crippen LogP contribution in [0.3, 0.4) is 0 Å². The molecule has 1 N–H and O–H groups in total. The van der Waals surface area contributed by atoms with Gasteiger partial charge in [-0.3, -0.25) is 9.69 Å². The Morgan fingerprint density at radius 2 is 1.58 bits per heavy atom. The van der Waals surface area contributed by atoms with Gasteiger partial charge in [0.15, 0.2) is 11.5 Å². The minimum absolute atomic E-state index is 0.172. The van der Waals surface area contributed by atoms with Crippen molar-refractivity contribution in [3.8, 4) is 17.2 Å². The summed E-state index contributed by atoms with van der Waals surface area (Å²) in [4.78, 5) is 14.8. The van der Waals surface area contributed by atoms with Crippen molar-refractivity contribution in [2.75, 3.05) is 34.4 Å². The quantitative estimate of drug-likeness (QED) is 0.616. The van der Waals surface area contributed by atoms with E-state index >= 15 is 0 Å². The first-order valence-corrected chi connectivity index (χ1v) is 10.7. The standard InChI is InChI=1S/C25H32N2O4/c1-29-22-13-11-21(24(30-2)25(22)31-3)12-14-23(28)26-17-19-7-9-20(10-8-19)18-27-15-5-4-6-16-27/h7-14H,4-6,15-18H2,1-3H3,(H,26,28)/b14-12+. The van der Waals surface area contributed by atoms with Gasteiger partial charge in [0, 0.05) is 24.7 Å². The number of nitrogens with zero attached hydrogens (tertiary/aromatic N) is 1. The highest BCUT2D eigenvalue weighted by molar-refractivity contribution is 5.92. The van der Waals surface area contributed by atoms with Crippen LogP contribution in [0.5, 0.6) is 17.2 Å². The molecular formula is C25H32N2O4. The van der Waals surface area contributed by atoms with Crippen molar-refractivity contribution >= 4 is 12.0 Å². The average molecular weight is 425 g/mol. The van der Waals surface area contributed by atoms with Gasteiger partial charge < -0.3 is 19.5 Å². The van der Waals surface area contributed by atoms with Crippen LogP contribution in [0.4, 0.5) is 0 Å². The summed E-state index contributed by atoms with van der Waals surface area (Å²) < 4.78 is 16.1. The topological polar surface area (TPSA) is 60.0 Å². The summed E-state index contributed by atoms with van der Waals surface area (Å²) in [5, 5.41) is 2.93. The van der Waals surface area contributed by atoms with Crippen LogP contribution in [-0.4, -0.2) is 45.2 Å². The second-order valence-electron chi connectivity index (χ2n) is 7.63. The van der Waals surface area contributed by atoms with E-state index in [-0.39, 0.29) is 5.91 Å².